The van der Waals surface area contributed by atoms with Gasteiger partial charge in [0.15, 0.2) is 0 Å². The molecule has 5 aromatic carbocycles. The van der Waals surface area contributed by atoms with E-state index in [-0.39, 0.29) is 7.92 Å². The van der Waals surface area contributed by atoms with E-state index in [0.29, 0.717) is 6.61 Å². The van der Waals surface area contributed by atoms with Crippen molar-refractivity contribution in [1.82, 2.24) is 9.97 Å². The summed E-state index contributed by atoms with van der Waals surface area (Å²) in [7, 11) is 22.1. The van der Waals surface area contributed by atoms with E-state index in [2.05, 4.69) is 175 Å². The maximum atomic E-state index is 5.67. The molecule has 516 valence electrons. The van der Waals surface area contributed by atoms with Crippen LogP contribution in [0.3, 0.4) is 0 Å². The van der Waals surface area contributed by atoms with Crippen molar-refractivity contribution in [3.8, 4) is 0 Å². The average molecular weight is 1550 g/mol. The summed E-state index contributed by atoms with van der Waals surface area (Å²) in [6.45, 7) is 37.7. The Balaban J connectivity index is 0.000000185. The molecule has 0 atom stereocenters. The number of hydrogen-bond donors (Lipinski definition) is 0. The van der Waals surface area contributed by atoms with Crippen molar-refractivity contribution in [1.29, 1.82) is 0 Å². The van der Waals surface area contributed by atoms with Crippen molar-refractivity contribution < 1.29 is 31.8 Å². The zero-order valence-corrected chi connectivity index (χ0v) is 66.3. The van der Waals surface area contributed by atoms with Gasteiger partial charge in [-0.05, 0) is 229 Å². The van der Waals surface area contributed by atoms with Crippen LogP contribution in [0.5, 0.6) is 0 Å². The Morgan fingerprint density at radius 2 is 0.670 bits per heavy atom. The summed E-state index contributed by atoms with van der Waals surface area (Å²) in [5.41, 5.74) is 26.5. The maximum absolute atomic E-state index is 5.67. The minimum Gasteiger partial charge on any atom is -0.265 e. The largest absolute Gasteiger partial charge is 0.265 e. The van der Waals surface area contributed by atoms with Crippen molar-refractivity contribution in [2.75, 3.05) is 52.4 Å². The Morgan fingerprint density at radius 1 is 0.404 bits per heavy atom. The van der Waals surface area contributed by atoms with E-state index in [9.17, 15) is 0 Å². The predicted molar refractivity (Wildman–Crippen MR) is 411 cm³/mol. The number of ether oxygens (including phenoxy) is 1. The monoisotopic (exact) mass is 1550 g/mol. The number of aromatic nitrogens is 2. The molecular weight excluding hydrogens is 1440 g/mol. The molecule has 12 rings (SSSR count). The molecule has 4 heterocycles. The van der Waals surface area contributed by atoms with Gasteiger partial charge in [0.1, 0.15) is 0 Å². The molecule has 5 fully saturated rings. The van der Waals surface area contributed by atoms with Gasteiger partial charge in [0.25, 0.3) is 0 Å². The average Bonchev–Trinajstić information content (AvgIpc) is 1.63. The minimum atomic E-state index is -1.63. The van der Waals surface area contributed by atoms with Gasteiger partial charge in [0.2, 0.25) is 0 Å². The molecule has 7 aromatic rings. The first kappa shape index (κ1) is 79.1. The molecule has 0 radical (unpaired) electrons. The van der Waals surface area contributed by atoms with Crippen LogP contribution in [-0.4, -0.2) is 69.1 Å². The molecular formula is C80H110Cl4N6OPRu2-. The molecule has 2 aliphatic heterocycles. The number of benzene rings is 5. The van der Waals surface area contributed by atoms with E-state index in [0.717, 1.165) is 31.7 Å². The van der Waals surface area contributed by atoms with E-state index in [1.165, 1.54) is 111 Å². The standard InChI is InChI=1S/2C21H27N2.C18H33P.C7H6.2C5H5N.C3H6O.4ClH.2Ru/c2*1-14-9-16(3)20(17(4)10-14)22-7-8-23(13-22)21-18(5)11-15(2)12-19(21)6;1-4-10-16(11-5-1)19(17-12-6-2-7-13-17)18-14-8-3-9-15-18;1-7-5-3-2-4-6-7;2*1-2-4-6-5-3-1;1-3-4-2;;;;;;/h2*9-13H,7-8H2,1-6H3;16-18H,1-15H2;1-6H;2*1-5H;2H,3H2,1H3;4*1H;;/q2*-1;;;;;;;;;;2*+2/p-3. The summed E-state index contributed by atoms with van der Waals surface area (Å²) in [5.74, 6) is 0. The molecule has 3 saturated carbocycles. The van der Waals surface area contributed by atoms with Crippen LogP contribution in [-0.2, 0) is 31.8 Å². The smallest absolute Gasteiger partial charge is 0.0267 e. The molecule has 7 nitrogen and oxygen atoms in total. The quantitative estimate of drug-likeness (QED) is 0.0768. The van der Waals surface area contributed by atoms with Gasteiger partial charge in [-0.25, -0.2) is 0 Å². The number of pyridine rings is 2. The van der Waals surface area contributed by atoms with Crippen molar-refractivity contribution in [3.63, 3.8) is 0 Å². The molecule has 2 aromatic heterocycles. The summed E-state index contributed by atoms with van der Waals surface area (Å²) in [4.78, 5) is 18.7. The van der Waals surface area contributed by atoms with Crippen molar-refractivity contribution >= 4 is 78.8 Å². The van der Waals surface area contributed by atoms with Gasteiger partial charge in [-0.1, -0.05) is 102 Å². The minimum absolute atomic E-state index is 0.0465. The van der Waals surface area contributed by atoms with Crippen LogP contribution in [0.1, 0.15) is 176 Å². The van der Waals surface area contributed by atoms with E-state index in [1.54, 1.807) is 121 Å². The summed E-state index contributed by atoms with van der Waals surface area (Å²) in [6, 6.07) is 39.6. The zero-order valence-electron chi connectivity index (χ0n) is 58.8. The van der Waals surface area contributed by atoms with Gasteiger partial charge in [-0.3, -0.25) is 9.97 Å². The Morgan fingerprint density at radius 3 is 0.872 bits per heavy atom. The summed E-state index contributed by atoms with van der Waals surface area (Å²) >= 11 is -3.24. The van der Waals surface area contributed by atoms with Crippen LogP contribution in [0, 0.1) is 96.4 Å². The third-order valence-electron chi connectivity index (χ3n) is 18.1. The number of aryl methyl sites for hydroxylation is 12. The molecule has 0 unspecified atom stereocenters. The molecule has 0 N–H and O–H groups in total. The Hall–Kier alpha value is -3.86. The van der Waals surface area contributed by atoms with Crippen LogP contribution in [0.2, 0.25) is 0 Å². The first-order valence-corrected chi connectivity index (χ1v) is 46.9. The number of nitrogens with zero attached hydrogens (tertiary/aromatic N) is 6. The molecule has 0 bridgehead atoms. The van der Waals surface area contributed by atoms with Crippen molar-refractivity contribution in [3.05, 3.63) is 226 Å². The van der Waals surface area contributed by atoms with Crippen LogP contribution < -0.4 is 19.6 Å². The fourth-order valence-electron chi connectivity index (χ4n) is 14.8. The summed E-state index contributed by atoms with van der Waals surface area (Å²) in [6.07, 6.45) is 30.8. The Bertz CT molecular complexity index is 2910. The van der Waals surface area contributed by atoms with Gasteiger partial charge >= 0.3 is 129 Å². The predicted octanol–water partition coefficient (Wildman–Crippen LogP) is 22.8. The number of halogens is 4. The fourth-order valence-corrected chi connectivity index (χ4v) is 22.9. The van der Waals surface area contributed by atoms with Crippen LogP contribution in [0.4, 0.5) is 22.7 Å². The Labute approximate surface area is 596 Å². The molecule has 14 heteroatoms. The second kappa shape index (κ2) is 42.8. The fraction of sp³-hybridized carbons (Fsp3) is 0.450. The molecule has 2 saturated heterocycles. The second-order valence-corrected chi connectivity index (χ2v) is 40.8. The molecule has 5 aliphatic rings. The first-order chi connectivity index (χ1) is 45.2. The van der Waals surface area contributed by atoms with E-state index in [1.807, 2.05) is 78.3 Å². The first-order valence-electron chi connectivity index (χ1n) is 34.2. The number of rotatable bonds is 10. The zero-order chi connectivity index (χ0) is 67.9. The normalized spacial score (nSPS) is 16.0. The number of hydrogen-bond acceptors (Lipinski definition) is 7. The van der Waals surface area contributed by atoms with E-state index in [4.69, 9.17) is 43.5 Å². The van der Waals surface area contributed by atoms with Crippen molar-refractivity contribution in [2.24, 2.45) is 0 Å². The van der Waals surface area contributed by atoms with E-state index >= 15 is 0 Å². The Kier molecular flexibility index (Phi) is 36.1. The number of anilines is 4. The second-order valence-electron chi connectivity index (χ2n) is 26.0. The molecule has 0 spiro atoms. The molecule has 94 heavy (non-hydrogen) atoms. The van der Waals surface area contributed by atoms with E-state index < -0.39 is 27.0 Å². The third-order valence-corrected chi connectivity index (χ3v) is 25.8. The van der Waals surface area contributed by atoms with Gasteiger partial charge in [0.05, 0.1) is 17.0 Å². The summed E-state index contributed by atoms with van der Waals surface area (Å²) in [5, 5.41) is 0. The van der Waals surface area contributed by atoms with Gasteiger partial charge in [-0.2, -0.15) is 13.3 Å². The summed E-state index contributed by atoms with van der Waals surface area (Å²) < 4.78 is 6.69. The van der Waals surface area contributed by atoms with Crippen LogP contribution >= 0.6 is 46.7 Å². The SMILES string of the molecule is C1CCC([PH+](C2CCCCC2)C2CCCCC2)CC1.CCO[CH]=[Ru]([Cl])[Cl].Cc1cc(C)c(N2[CH-]N(c3c(C)cc(C)cc3C)CC2)c(C)c1.Cc1cc(C)c(N2[CH-]N(c3c(C)cc(C)cc3C)CC2)c(C)c1.[Cl][Ru]([Cl])=[CH]c1ccccc1.c1ccncc1.c1ccncc1. The topological polar surface area (TPSA) is 48.0 Å². The van der Waals surface area contributed by atoms with Crippen molar-refractivity contribution in [2.45, 2.75) is 203 Å². The van der Waals surface area contributed by atoms with Crippen LogP contribution in [0.15, 0.2) is 140 Å². The van der Waals surface area contributed by atoms with Crippen LogP contribution in [0.25, 0.3) is 0 Å². The maximum Gasteiger partial charge on any atom is 0.0267 e. The third kappa shape index (κ3) is 26.8. The van der Waals surface area contributed by atoms with Gasteiger partial charge in [-0.15, -0.1) is 0 Å². The van der Waals surface area contributed by atoms with Gasteiger partial charge in [0, 0.05) is 81.6 Å². The van der Waals surface area contributed by atoms with Gasteiger partial charge < -0.3 is 19.6 Å². The molecule has 3 aliphatic carbocycles. The molecule has 0 amide bonds.